The molecule has 3 aromatic rings. The van der Waals surface area contributed by atoms with Gasteiger partial charge in [0.05, 0.1) is 21.2 Å². The third kappa shape index (κ3) is 7.18. The lowest BCUT2D eigenvalue weighted by molar-refractivity contribution is -0.0583. The minimum Gasteiger partial charge on any atom is -0.408 e. The quantitative estimate of drug-likeness (QED) is 0.211. The van der Waals surface area contributed by atoms with Crippen LogP contribution >= 0.6 is 11.3 Å². The lowest BCUT2D eigenvalue weighted by atomic mass is 10.1. The first kappa shape index (κ1) is 27.0. The van der Waals surface area contributed by atoms with Crippen molar-refractivity contribution >= 4 is 45.2 Å². The minimum absolute atomic E-state index is 0.0556. The van der Waals surface area contributed by atoms with Crippen LogP contribution in [0.4, 0.5) is 23.7 Å². The number of hydrogen-bond donors (Lipinski definition) is 4. The van der Waals surface area contributed by atoms with Crippen LogP contribution in [0.3, 0.4) is 0 Å². The van der Waals surface area contributed by atoms with E-state index < -0.39 is 28.7 Å². The summed E-state index contributed by atoms with van der Waals surface area (Å²) in [6.07, 6.45) is -4.97. The van der Waals surface area contributed by atoms with E-state index in [9.17, 15) is 26.4 Å². The van der Waals surface area contributed by atoms with Crippen LogP contribution in [0.5, 0.6) is 5.75 Å². The summed E-state index contributed by atoms with van der Waals surface area (Å²) in [7, 11) is -2.80. The predicted octanol–water partition coefficient (Wildman–Crippen LogP) is 5.92. The molecule has 0 atom stereocenters. The minimum atomic E-state index is -4.88. The molecule has 0 saturated heterocycles. The molecule has 0 aliphatic carbocycles. The first-order valence-corrected chi connectivity index (χ1v) is 12.6. The summed E-state index contributed by atoms with van der Waals surface area (Å²) >= 11 is 1.10. The molecule has 2 aromatic carbocycles. The molecule has 3 N–H and O–H groups in total. The number of allylic oxidation sites excluding steroid dienone is 1. The Bertz CT molecular complexity index is 1370. The predicted molar refractivity (Wildman–Crippen MR) is 134 cm³/mol. The monoisotopic (exact) mass is 537 g/mol. The summed E-state index contributed by atoms with van der Waals surface area (Å²) in [5.41, 5.74) is -0.284. The van der Waals surface area contributed by atoms with Gasteiger partial charge in [0, 0.05) is 6.04 Å². The number of rotatable bonds is 8. The number of ether oxygens (including phenoxy) is 1. The Balaban J connectivity index is 2.00. The molecule has 1 aromatic heterocycles. The zero-order valence-corrected chi connectivity index (χ0v) is 20.8. The van der Waals surface area contributed by atoms with Gasteiger partial charge in [0.1, 0.15) is 5.71 Å². The van der Waals surface area contributed by atoms with Gasteiger partial charge in [-0.3, -0.25) is 5.41 Å². The first-order chi connectivity index (χ1) is 16.9. The second-order valence-corrected chi connectivity index (χ2v) is 9.73. The second-order valence-electron chi connectivity index (χ2n) is 7.79. The van der Waals surface area contributed by atoms with Gasteiger partial charge in [0.2, 0.25) is 0 Å². The van der Waals surface area contributed by atoms with E-state index >= 15 is 0 Å². The van der Waals surface area contributed by atoms with E-state index in [4.69, 9.17) is 10.1 Å². The largest absolute Gasteiger partial charge is 0.432 e. The smallest absolute Gasteiger partial charge is 0.408 e. The molecule has 3 rings (SSSR count). The molecule has 0 spiro atoms. The maximum atomic E-state index is 13.2. The molecular formula is C24H22F3N3O4S2. The van der Waals surface area contributed by atoms with Gasteiger partial charge in [-0.25, -0.2) is 13.2 Å². The van der Waals surface area contributed by atoms with Crippen molar-refractivity contribution in [3.8, 4) is 16.9 Å². The van der Waals surface area contributed by atoms with Gasteiger partial charge in [-0.2, -0.15) is 13.2 Å². The van der Waals surface area contributed by atoms with Crippen LogP contribution in [-0.4, -0.2) is 32.4 Å². The fraction of sp³-hybridized carbons (Fsp3) is 0.167. The van der Waals surface area contributed by atoms with E-state index in [-0.39, 0.29) is 28.1 Å². The maximum Gasteiger partial charge on any atom is 0.432 e. The Labute approximate surface area is 211 Å². The van der Waals surface area contributed by atoms with Crippen LogP contribution in [0.25, 0.3) is 16.8 Å². The van der Waals surface area contributed by atoms with Crippen molar-refractivity contribution in [2.75, 3.05) is 5.32 Å². The van der Waals surface area contributed by atoms with Gasteiger partial charge in [-0.05, 0) is 66.8 Å². The Hall–Kier alpha value is -3.64. The van der Waals surface area contributed by atoms with Crippen molar-refractivity contribution in [2.24, 2.45) is 0 Å². The summed E-state index contributed by atoms with van der Waals surface area (Å²) in [6.45, 7) is 3.49. The number of carbonyl (C=O) groups excluding carboxylic acids is 1. The van der Waals surface area contributed by atoms with Gasteiger partial charge in [-0.1, -0.05) is 24.3 Å². The van der Waals surface area contributed by atoms with Crippen molar-refractivity contribution in [3.05, 3.63) is 70.9 Å². The van der Waals surface area contributed by atoms with Crippen molar-refractivity contribution in [1.29, 1.82) is 5.41 Å². The Morgan fingerprint density at radius 2 is 1.81 bits per heavy atom. The number of nitrogens with one attached hydrogen (secondary N) is 3. The summed E-state index contributed by atoms with van der Waals surface area (Å²) < 4.78 is 67.6. The summed E-state index contributed by atoms with van der Waals surface area (Å²) in [5, 5.41) is 14.6. The molecule has 0 fully saturated rings. The highest BCUT2D eigenvalue weighted by molar-refractivity contribution is 7.72. The van der Waals surface area contributed by atoms with Crippen molar-refractivity contribution in [3.63, 3.8) is 0 Å². The highest BCUT2D eigenvalue weighted by Gasteiger charge is 2.33. The number of carbonyl (C=O) groups is 1. The van der Waals surface area contributed by atoms with E-state index in [1.807, 2.05) is 0 Å². The zero-order chi connectivity index (χ0) is 26.5. The topological polar surface area (TPSA) is 108 Å². The summed E-state index contributed by atoms with van der Waals surface area (Å²) in [5.74, 6) is 0.0730. The molecule has 0 aliphatic rings. The molecule has 190 valence electrons. The van der Waals surface area contributed by atoms with E-state index in [1.165, 1.54) is 24.3 Å². The fourth-order valence-corrected chi connectivity index (χ4v) is 4.33. The average Bonchev–Trinajstić information content (AvgIpc) is 3.29. The summed E-state index contributed by atoms with van der Waals surface area (Å²) in [4.78, 5) is 12.5. The van der Waals surface area contributed by atoms with Crippen LogP contribution < -0.4 is 15.4 Å². The van der Waals surface area contributed by atoms with Crippen LogP contribution in [0.1, 0.15) is 18.7 Å². The molecule has 12 heteroatoms. The van der Waals surface area contributed by atoms with Gasteiger partial charge >= 0.3 is 12.3 Å². The molecule has 0 saturated carbocycles. The number of halogens is 3. The van der Waals surface area contributed by atoms with Gasteiger partial charge in [-0.15, -0.1) is 11.3 Å². The molecule has 7 nitrogen and oxygen atoms in total. The third-order valence-electron chi connectivity index (χ3n) is 4.61. The number of thiol groups is 1. The zero-order valence-electron chi connectivity index (χ0n) is 19.1. The molecule has 1 amide bonds. The summed E-state index contributed by atoms with van der Waals surface area (Å²) in [6, 6.07) is 13.7. The molecule has 0 unspecified atom stereocenters. The van der Waals surface area contributed by atoms with Crippen molar-refractivity contribution < 1.29 is 31.1 Å². The van der Waals surface area contributed by atoms with E-state index in [2.05, 4.69) is 10.6 Å². The average molecular weight is 538 g/mol. The van der Waals surface area contributed by atoms with Crippen LogP contribution in [0.2, 0.25) is 0 Å². The van der Waals surface area contributed by atoms with Gasteiger partial charge < -0.3 is 15.4 Å². The Kier molecular flexibility index (Phi) is 8.53. The normalized spacial score (nSPS) is 12.0. The van der Waals surface area contributed by atoms with Gasteiger partial charge in [0.15, 0.2) is 16.5 Å². The molecule has 36 heavy (non-hydrogen) atoms. The van der Waals surface area contributed by atoms with E-state index in [1.54, 1.807) is 49.6 Å². The number of benzene rings is 2. The fourth-order valence-electron chi connectivity index (χ4n) is 2.99. The van der Waals surface area contributed by atoms with Crippen molar-refractivity contribution in [1.82, 2.24) is 5.32 Å². The highest BCUT2D eigenvalue weighted by atomic mass is 32.2. The van der Waals surface area contributed by atoms with Crippen molar-refractivity contribution in [2.45, 2.75) is 31.0 Å². The highest BCUT2D eigenvalue weighted by Crippen LogP contribution is 2.34. The van der Waals surface area contributed by atoms with Crippen LogP contribution in [0.15, 0.2) is 70.9 Å². The number of thiophene rings is 1. The van der Waals surface area contributed by atoms with Crippen LogP contribution in [-0.2, 0) is 10.7 Å². The molecule has 1 heterocycles. The molecule has 0 radical (unpaired) electrons. The standard InChI is InChI=1S/C24H22F3N3O4S2/c1-14(2)29-23(31)34-20-9-4-3-8-18(20)30-19(12-22(28)24(25,26)27)21-11-16(13-35-21)15-6-5-7-17(10-15)36(32)33/h3-14,28,30,36H,1-2H3,(H,29,31)/b19-12-,28-22?. The van der Waals surface area contributed by atoms with Gasteiger partial charge in [0.25, 0.3) is 0 Å². The van der Waals surface area contributed by atoms with E-state index in [0.29, 0.717) is 22.1 Å². The first-order valence-electron chi connectivity index (χ1n) is 10.5. The van der Waals surface area contributed by atoms with E-state index in [0.717, 1.165) is 11.3 Å². The lowest BCUT2D eigenvalue weighted by Gasteiger charge is -2.16. The SMILES string of the molecule is CC(C)NC(=O)Oc1ccccc1N/C(=C\C(=N)C(F)(F)F)c1cc(-c2cccc([SH](=O)=O)c2)cs1. The molecular weight excluding hydrogens is 515 g/mol. The number of para-hydroxylation sites is 2. The number of alkyl halides is 3. The Morgan fingerprint density at radius 1 is 1.08 bits per heavy atom. The number of amides is 1. The number of anilines is 1. The second kappa shape index (κ2) is 11.4. The molecule has 0 bridgehead atoms. The maximum absolute atomic E-state index is 13.2. The lowest BCUT2D eigenvalue weighted by Crippen LogP contribution is -2.32. The Morgan fingerprint density at radius 3 is 2.47 bits per heavy atom. The van der Waals surface area contributed by atoms with Crippen LogP contribution in [0, 0.1) is 5.41 Å². The molecule has 0 aliphatic heterocycles. The number of hydrogen-bond acceptors (Lipinski definition) is 7. The third-order valence-corrected chi connectivity index (χ3v) is 6.28.